The minimum absolute atomic E-state index is 0.280. The molecular formula is C5H10N2O5. The van der Waals surface area contributed by atoms with Gasteiger partial charge in [-0.05, 0) is 0 Å². The van der Waals surface area contributed by atoms with Crippen molar-refractivity contribution >= 4 is 5.91 Å². The van der Waals surface area contributed by atoms with E-state index in [0.717, 1.165) is 0 Å². The molecule has 12 heavy (non-hydrogen) atoms. The largest absolute Gasteiger partial charge is 0.387 e. The quantitative estimate of drug-likeness (QED) is 0.190. The molecule has 7 nitrogen and oxygen atoms in total. The molecule has 4 atom stereocenters. The standard InChI is InChI=1S/C5H10N2O5/c6-7-4(11)2(9)1(8)3(10)5(7)12/h1-4,8-11H,6H2/t1-,2+,3-,4?/m0/s1. The van der Waals surface area contributed by atoms with E-state index >= 15 is 0 Å². The Labute approximate surface area is 67.6 Å². The normalized spacial score (nSPS) is 43.4. The molecular weight excluding hydrogens is 168 g/mol. The van der Waals surface area contributed by atoms with Gasteiger partial charge in [0.1, 0.15) is 12.2 Å². The predicted octanol–water partition coefficient (Wildman–Crippen LogP) is -3.90. The number of aliphatic hydroxyl groups is 4. The monoisotopic (exact) mass is 178 g/mol. The van der Waals surface area contributed by atoms with E-state index in [1.165, 1.54) is 0 Å². The number of hydrogen-bond donors (Lipinski definition) is 5. The van der Waals surface area contributed by atoms with Crippen molar-refractivity contribution < 1.29 is 25.2 Å². The molecule has 0 aromatic heterocycles. The molecule has 1 aliphatic rings. The van der Waals surface area contributed by atoms with Crippen LogP contribution in [0.1, 0.15) is 0 Å². The van der Waals surface area contributed by atoms with Gasteiger partial charge in [-0.3, -0.25) is 4.79 Å². The molecule has 6 N–H and O–H groups in total. The van der Waals surface area contributed by atoms with Crippen LogP contribution < -0.4 is 5.84 Å². The third kappa shape index (κ3) is 1.17. The van der Waals surface area contributed by atoms with Crippen molar-refractivity contribution in [3.8, 4) is 0 Å². The summed E-state index contributed by atoms with van der Waals surface area (Å²) >= 11 is 0. The molecule has 0 radical (unpaired) electrons. The molecule has 1 unspecified atom stereocenters. The third-order valence-corrected chi connectivity index (χ3v) is 1.77. The predicted molar refractivity (Wildman–Crippen MR) is 35.1 cm³/mol. The van der Waals surface area contributed by atoms with Gasteiger partial charge in [-0.1, -0.05) is 0 Å². The summed E-state index contributed by atoms with van der Waals surface area (Å²) in [6.45, 7) is 0. The van der Waals surface area contributed by atoms with Gasteiger partial charge in [0.15, 0.2) is 12.3 Å². The number of hydrogen-bond acceptors (Lipinski definition) is 6. The lowest BCUT2D eigenvalue weighted by Crippen LogP contribution is -2.66. The molecule has 1 fully saturated rings. The lowest BCUT2D eigenvalue weighted by atomic mass is 10.0. The Morgan fingerprint density at radius 1 is 1.17 bits per heavy atom. The number of carbonyl (C=O) groups excluding carboxylic acids is 1. The highest BCUT2D eigenvalue weighted by Crippen LogP contribution is 2.14. The average molecular weight is 178 g/mol. The average Bonchev–Trinajstić information content (AvgIpc) is 2.08. The third-order valence-electron chi connectivity index (χ3n) is 1.77. The molecule has 0 bridgehead atoms. The van der Waals surface area contributed by atoms with Crippen LogP contribution in [0.5, 0.6) is 0 Å². The van der Waals surface area contributed by atoms with E-state index in [2.05, 4.69) is 0 Å². The minimum atomic E-state index is -1.78. The van der Waals surface area contributed by atoms with Crippen molar-refractivity contribution in [2.24, 2.45) is 5.84 Å². The number of amides is 1. The number of hydrazine groups is 1. The maximum Gasteiger partial charge on any atom is 0.270 e. The van der Waals surface area contributed by atoms with E-state index in [4.69, 9.17) is 26.3 Å². The number of nitrogens with two attached hydrogens (primary N) is 1. The molecule has 1 rings (SSSR count). The van der Waals surface area contributed by atoms with Crippen molar-refractivity contribution in [2.45, 2.75) is 24.5 Å². The molecule has 0 saturated carbocycles. The van der Waals surface area contributed by atoms with Crippen molar-refractivity contribution in [1.82, 2.24) is 5.01 Å². The first-order valence-electron chi connectivity index (χ1n) is 3.27. The van der Waals surface area contributed by atoms with Crippen LogP contribution >= 0.6 is 0 Å². The Morgan fingerprint density at radius 2 is 1.67 bits per heavy atom. The van der Waals surface area contributed by atoms with Crippen LogP contribution in [0.15, 0.2) is 0 Å². The summed E-state index contributed by atoms with van der Waals surface area (Å²) in [5.41, 5.74) is 0. The van der Waals surface area contributed by atoms with Crippen LogP contribution in [0.3, 0.4) is 0 Å². The van der Waals surface area contributed by atoms with Crippen LogP contribution in [-0.2, 0) is 4.79 Å². The molecule has 1 saturated heterocycles. The first-order chi connectivity index (χ1) is 5.46. The summed E-state index contributed by atoms with van der Waals surface area (Å²) < 4.78 is 0. The molecule has 70 valence electrons. The maximum atomic E-state index is 10.8. The van der Waals surface area contributed by atoms with E-state index < -0.39 is 30.4 Å². The first kappa shape index (κ1) is 9.36. The van der Waals surface area contributed by atoms with Crippen LogP contribution in [0.4, 0.5) is 0 Å². The second-order valence-corrected chi connectivity index (χ2v) is 2.59. The summed E-state index contributed by atoms with van der Waals surface area (Å²) in [5.74, 6) is 3.94. The van der Waals surface area contributed by atoms with Crippen molar-refractivity contribution in [1.29, 1.82) is 0 Å². The molecule has 1 heterocycles. The number of carbonyl (C=O) groups is 1. The van der Waals surface area contributed by atoms with Crippen LogP contribution in [0.2, 0.25) is 0 Å². The summed E-state index contributed by atoms with van der Waals surface area (Å²) in [5, 5.41) is 36.1. The molecule has 0 spiro atoms. The van der Waals surface area contributed by atoms with E-state index in [1.807, 2.05) is 0 Å². The van der Waals surface area contributed by atoms with Crippen LogP contribution in [0, 0.1) is 0 Å². The summed E-state index contributed by atoms with van der Waals surface area (Å²) in [4.78, 5) is 10.8. The lowest BCUT2D eigenvalue weighted by Gasteiger charge is -2.37. The highest BCUT2D eigenvalue weighted by Gasteiger charge is 2.45. The van der Waals surface area contributed by atoms with Gasteiger partial charge in [0.05, 0.1) is 0 Å². The fraction of sp³-hybridized carbons (Fsp3) is 0.800. The SMILES string of the molecule is NN1C(=O)[C@@H](O)[C@@H](O)[C@@H](O)C1O. The van der Waals surface area contributed by atoms with Crippen molar-refractivity contribution in [2.75, 3.05) is 0 Å². The minimum Gasteiger partial charge on any atom is -0.387 e. The van der Waals surface area contributed by atoms with Crippen molar-refractivity contribution in [3.05, 3.63) is 0 Å². The zero-order valence-corrected chi connectivity index (χ0v) is 6.03. The van der Waals surface area contributed by atoms with Crippen LogP contribution in [0.25, 0.3) is 0 Å². The number of aliphatic hydroxyl groups excluding tert-OH is 4. The fourth-order valence-electron chi connectivity index (χ4n) is 0.957. The van der Waals surface area contributed by atoms with Gasteiger partial charge in [-0.15, -0.1) is 0 Å². The first-order valence-corrected chi connectivity index (χ1v) is 3.27. The highest BCUT2D eigenvalue weighted by molar-refractivity contribution is 5.82. The number of piperidine rings is 1. The van der Waals surface area contributed by atoms with Gasteiger partial charge >= 0.3 is 0 Å². The highest BCUT2D eigenvalue weighted by atomic mass is 16.4. The van der Waals surface area contributed by atoms with E-state index in [9.17, 15) is 4.79 Å². The summed E-state index contributed by atoms with van der Waals surface area (Å²) in [7, 11) is 0. The molecule has 0 aromatic rings. The molecule has 0 aliphatic carbocycles. The van der Waals surface area contributed by atoms with Gasteiger partial charge in [0, 0.05) is 0 Å². The zero-order valence-electron chi connectivity index (χ0n) is 6.03. The Morgan fingerprint density at radius 3 is 2.17 bits per heavy atom. The topological polar surface area (TPSA) is 127 Å². The number of nitrogens with zero attached hydrogens (tertiary/aromatic N) is 1. The van der Waals surface area contributed by atoms with Gasteiger partial charge in [-0.2, -0.15) is 0 Å². The molecule has 1 aliphatic heterocycles. The smallest absolute Gasteiger partial charge is 0.270 e. The van der Waals surface area contributed by atoms with Gasteiger partial charge in [0.2, 0.25) is 0 Å². The second kappa shape index (κ2) is 2.96. The summed E-state index contributed by atoms with van der Waals surface area (Å²) in [6, 6.07) is 0. The Kier molecular flexibility index (Phi) is 2.31. The Hall–Kier alpha value is -0.730. The summed E-state index contributed by atoms with van der Waals surface area (Å²) in [6.07, 6.45) is -6.82. The zero-order chi connectivity index (χ0) is 9.46. The van der Waals surface area contributed by atoms with E-state index in [1.54, 1.807) is 0 Å². The van der Waals surface area contributed by atoms with Gasteiger partial charge < -0.3 is 20.4 Å². The van der Waals surface area contributed by atoms with E-state index in [0.29, 0.717) is 0 Å². The second-order valence-electron chi connectivity index (χ2n) is 2.59. The lowest BCUT2D eigenvalue weighted by molar-refractivity contribution is -0.204. The number of rotatable bonds is 0. The molecule has 7 heteroatoms. The van der Waals surface area contributed by atoms with E-state index in [-0.39, 0.29) is 5.01 Å². The molecule has 0 aromatic carbocycles. The fourth-order valence-corrected chi connectivity index (χ4v) is 0.957. The van der Waals surface area contributed by atoms with Crippen molar-refractivity contribution in [3.63, 3.8) is 0 Å². The maximum absolute atomic E-state index is 10.8. The van der Waals surface area contributed by atoms with Gasteiger partial charge in [0.25, 0.3) is 5.91 Å². The Bertz CT molecular complexity index is 180. The van der Waals surface area contributed by atoms with Gasteiger partial charge in [-0.25, -0.2) is 10.9 Å². The molecule has 1 amide bonds. The van der Waals surface area contributed by atoms with Crippen LogP contribution in [-0.4, -0.2) is 55.9 Å². The Balaban J connectivity index is 2.83.